The summed E-state index contributed by atoms with van der Waals surface area (Å²) in [6.45, 7) is 6.82. The molecule has 30 heavy (non-hydrogen) atoms. The first kappa shape index (κ1) is 20.2. The van der Waals surface area contributed by atoms with Crippen molar-refractivity contribution in [3.8, 4) is 10.6 Å². The summed E-state index contributed by atoms with van der Waals surface area (Å²) < 4.78 is 1.33. The van der Waals surface area contributed by atoms with Crippen LogP contribution >= 0.6 is 11.3 Å². The molecule has 0 N–H and O–H groups in total. The van der Waals surface area contributed by atoms with Gasteiger partial charge in [-0.3, -0.25) is 9.59 Å². The van der Waals surface area contributed by atoms with Gasteiger partial charge in [0.2, 0.25) is 0 Å². The molecule has 4 rings (SSSR count). The maximum absolute atomic E-state index is 13.2. The smallest absolute Gasteiger partial charge is 0.277 e. The number of nitrogens with zero attached hydrogens (tertiary/aromatic N) is 4. The third-order valence-corrected chi connectivity index (χ3v) is 6.73. The predicted molar refractivity (Wildman–Crippen MR) is 120 cm³/mol. The van der Waals surface area contributed by atoms with E-state index < -0.39 is 0 Å². The van der Waals surface area contributed by atoms with Gasteiger partial charge in [-0.25, -0.2) is 9.67 Å². The largest absolute Gasteiger partial charge is 0.334 e. The van der Waals surface area contributed by atoms with Gasteiger partial charge in [-0.15, -0.1) is 11.3 Å². The Morgan fingerprint density at radius 2 is 1.83 bits per heavy atom. The van der Waals surface area contributed by atoms with E-state index in [1.807, 2.05) is 43.9 Å². The highest BCUT2D eigenvalue weighted by atomic mass is 32.1. The van der Waals surface area contributed by atoms with Crippen molar-refractivity contribution in [1.82, 2.24) is 19.7 Å². The lowest BCUT2D eigenvalue weighted by Gasteiger charge is -2.26. The van der Waals surface area contributed by atoms with Crippen molar-refractivity contribution in [3.05, 3.63) is 74.2 Å². The van der Waals surface area contributed by atoms with Crippen LogP contribution in [0.1, 0.15) is 38.6 Å². The molecule has 1 aromatic carbocycles. The SMILES string of the molecule is Cc1nc(-c2c(C)c(C)nn(C)c2=O)sc1C(=O)N1CC=C(c2ccccc2)CC1. The Bertz CT molecular complexity index is 1210. The highest BCUT2D eigenvalue weighted by Gasteiger charge is 2.25. The quantitative estimate of drug-likeness (QED) is 0.647. The van der Waals surface area contributed by atoms with Crippen LogP contribution in [0.5, 0.6) is 0 Å². The maximum atomic E-state index is 13.2. The van der Waals surface area contributed by atoms with E-state index in [0.29, 0.717) is 34.2 Å². The number of benzene rings is 1. The van der Waals surface area contributed by atoms with E-state index in [1.165, 1.54) is 27.2 Å². The lowest BCUT2D eigenvalue weighted by molar-refractivity contribution is 0.0776. The molecule has 154 valence electrons. The number of amides is 1. The zero-order valence-corrected chi connectivity index (χ0v) is 18.4. The van der Waals surface area contributed by atoms with Gasteiger partial charge in [-0.05, 0) is 43.9 Å². The Labute approximate surface area is 179 Å². The molecule has 2 aromatic heterocycles. The van der Waals surface area contributed by atoms with E-state index in [4.69, 9.17) is 0 Å². The Hall–Kier alpha value is -3.06. The number of aryl methyl sites for hydroxylation is 3. The number of thiazole rings is 1. The Balaban J connectivity index is 1.61. The van der Waals surface area contributed by atoms with Gasteiger partial charge < -0.3 is 4.90 Å². The minimum absolute atomic E-state index is 0.0279. The van der Waals surface area contributed by atoms with Gasteiger partial charge in [0.05, 0.1) is 17.0 Å². The molecule has 1 aliphatic heterocycles. The molecule has 6 nitrogen and oxygen atoms in total. The zero-order valence-electron chi connectivity index (χ0n) is 17.6. The summed E-state index contributed by atoms with van der Waals surface area (Å²) >= 11 is 1.29. The molecule has 7 heteroatoms. The molecule has 1 amide bonds. The van der Waals surface area contributed by atoms with Crippen molar-refractivity contribution >= 4 is 22.8 Å². The van der Waals surface area contributed by atoms with Gasteiger partial charge in [0.25, 0.3) is 11.5 Å². The number of carbonyl (C=O) groups is 1. The molecule has 0 saturated carbocycles. The van der Waals surface area contributed by atoms with Crippen molar-refractivity contribution in [1.29, 1.82) is 0 Å². The van der Waals surface area contributed by atoms with Crippen LogP contribution in [0.3, 0.4) is 0 Å². The zero-order chi connectivity index (χ0) is 21.4. The van der Waals surface area contributed by atoms with Crippen LogP contribution in [-0.2, 0) is 7.05 Å². The standard InChI is InChI=1S/C23H24N4O2S/c1-14-15(2)25-26(4)22(28)19(14)21-24-16(3)20(30-21)23(29)27-12-10-18(11-13-27)17-8-6-5-7-9-17/h5-10H,11-13H2,1-4H3. The van der Waals surface area contributed by atoms with Crippen LogP contribution in [0.15, 0.2) is 41.2 Å². The minimum atomic E-state index is -0.195. The molecule has 3 aromatic rings. The van der Waals surface area contributed by atoms with Crippen molar-refractivity contribution in [2.24, 2.45) is 7.05 Å². The lowest BCUT2D eigenvalue weighted by atomic mass is 9.99. The molecule has 0 atom stereocenters. The summed E-state index contributed by atoms with van der Waals surface area (Å²) in [4.78, 5) is 32.9. The third kappa shape index (κ3) is 3.61. The first-order valence-corrected chi connectivity index (χ1v) is 10.7. The van der Waals surface area contributed by atoms with Crippen LogP contribution in [0.2, 0.25) is 0 Å². The second-order valence-electron chi connectivity index (χ2n) is 7.54. The number of hydrogen-bond acceptors (Lipinski definition) is 5. The normalized spacial score (nSPS) is 14.0. The van der Waals surface area contributed by atoms with Crippen LogP contribution in [0.25, 0.3) is 16.1 Å². The summed E-state index contributed by atoms with van der Waals surface area (Å²) in [7, 11) is 1.63. The molecule has 0 saturated heterocycles. The van der Waals surface area contributed by atoms with Crippen LogP contribution in [0, 0.1) is 20.8 Å². The molecule has 0 aliphatic carbocycles. The van der Waals surface area contributed by atoms with Gasteiger partial charge >= 0.3 is 0 Å². The van der Waals surface area contributed by atoms with Crippen LogP contribution in [-0.4, -0.2) is 38.7 Å². The molecule has 0 unspecified atom stereocenters. The van der Waals surface area contributed by atoms with E-state index in [-0.39, 0.29) is 11.5 Å². The van der Waals surface area contributed by atoms with Gasteiger partial charge in [0.15, 0.2) is 0 Å². The fourth-order valence-electron chi connectivity index (χ4n) is 3.71. The Kier molecular flexibility index (Phi) is 5.39. The van der Waals surface area contributed by atoms with Crippen molar-refractivity contribution in [2.45, 2.75) is 27.2 Å². The van der Waals surface area contributed by atoms with E-state index in [9.17, 15) is 9.59 Å². The van der Waals surface area contributed by atoms with Gasteiger partial charge in [0, 0.05) is 20.1 Å². The first-order valence-electron chi connectivity index (χ1n) is 9.93. The minimum Gasteiger partial charge on any atom is -0.334 e. The maximum Gasteiger partial charge on any atom is 0.277 e. The second kappa shape index (κ2) is 7.99. The highest BCUT2D eigenvalue weighted by molar-refractivity contribution is 7.17. The van der Waals surface area contributed by atoms with Crippen molar-refractivity contribution in [3.63, 3.8) is 0 Å². The molecular weight excluding hydrogens is 396 g/mol. The number of hydrogen-bond donors (Lipinski definition) is 0. The predicted octanol–water partition coefficient (Wildman–Crippen LogP) is 3.76. The molecule has 0 spiro atoms. The van der Waals surface area contributed by atoms with E-state index in [0.717, 1.165) is 17.7 Å². The summed E-state index contributed by atoms with van der Waals surface area (Å²) in [5.74, 6) is -0.0279. The number of rotatable bonds is 3. The van der Waals surface area contributed by atoms with Crippen LogP contribution in [0.4, 0.5) is 0 Å². The first-order chi connectivity index (χ1) is 14.4. The fraction of sp³-hybridized carbons (Fsp3) is 0.304. The van der Waals surface area contributed by atoms with Crippen LogP contribution < -0.4 is 5.56 Å². The third-order valence-electron chi connectivity index (χ3n) is 5.57. The Morgan fingerprint density at radius 1 is 1.10 bits per heavy atom. The van der Waals surface area contributed by atoms with E-state index >= 15 is 0 Å². The van der Waals surface area contributed by atoms with Crippen molar-refractivity contribution in [2.75, 3.05) is 13.1 Å². The molecule has 0 radical (unpaired) electrons. The molecule has 1 aliphatic rings. The summed E-state index contributed by atoms with van der Waals surface area (Å²) in [5, 5.41) is 4.81. The number of aromatic nitrogens is 3. The number of carbonyl (C=O) groups excluding carboxylic acids is 1. The molecule has 0 bridgehead atoms. The van der Waals surface area contributed by atoms with Gasteiger partial charge in [-0.1, -0.05) is 36.4 Å². The van der Waals surface area contributed by atoms with Crippen molar-refractivity contribution < 1.29 is 4.79 Å². The molecule has 0 fully saturated rings. The van der Waals surface area contributed by atoms with E-state index in [2.05, 4.69) is 28.3 Å². The average molecular weight is 421 g/mol. The van der Waals surface area contributed by atoms with E-state index in [1.54, 1.807) is 7.05 Å². The Morgan fingerprint density at radius 3 is 2.50 bits per heavy atom. The highest BCUT2D eigenvalue weighted by Crippen LogP contribution is 2.30. The molecule has 3 heterocycles. The fourth-order valence-corrected chi connectivity index (χ4v) is 4.84. The topological polar surface area (TPSA) is 68.1 Å². The van der Waals surface area contributed by atoms with Gasteiger partial charge in [0.1, 0.15) is 9.88 Å². The summed E-state index contributed by atoms with van der Waals surface area (Å²) in [6, 6.07) is 10.3. The molecular formula is C23H24N4O2S. The lowest BCUT2D eigenvalue weighted by Crippen LogP contribution is -2.34. The van der Waals surface area contributed by atoms with Gasteiger partial charge in [-0.2, -0.15) is 5.10 Å². The average Bonchev–Trinajstić information content (AvgIpc) is 3.14. The second-order valence-corrected chi connectivity index (χ2v) is 8.54. The summed E-state index contributed by atoms with van der Waals surface area (Å²) in [6.07, 6.45) is 2.95. The summed E-state index contributed by atoms with van der Waals surface area (Å²) in [5.41, 5.74) is 5.06. The monoisotopic (exact) mass is 420 g/mol.